The van der Waals surface area contributed by atoms with Crippen LogP contribution in [0.25, 0.3) is 11.4 Å². The molecule has 0 radical (unpaired) electrons. The lowest BCUT2D eigenvalue weighted by Gasteiger charge is -2.14. The third-order valence-corrected chi connectivity index (χ3v) is 4.76. The summed E-state index contributed by atoms with van der Waals surface area (Å²) >= 11 is 0. The number of imidazole rings is 1. The average molecular weight is 302 g/mol. The van der Waals surface area contributed by atoms with E-state index in [-0.39, 0.29) is 0 Å². The van der Waals surface area contributed by atoms with Gasteiger partial charge < -0.3 is 4.57 Å². The first-order chi connectivity index (χ1) is 11.4. The van der Waals surface area contributed by atoms with E-state index in [0.717, 1.165) is 12.2 Å². The van der Waals surface area contributed by atoms with Gasteiger partial charge >= 0.3 is 0 Å². The molecule has 0 N–H and O–H groups in total. The van der Waals surface area contributed by atoms with Crippen molar-refractivity contribution >= 4 is 0 Å². The molecule has 0 spiro atoms. The van der Waals surface area contributed by atoms with Crippen LogP contribution >= 0.6 is 0 Å². The minimum absolute atomic E-state index is 0.613. The first kappa shape index (κ1) is 14.3. The second kappa shape index (κ2) is 6.41. The van der Waals surface area contributed by atoms with E-state index in [1.54, 1.807) is 0 Å². The van der Waals surface area contributed by atoms with E-state index in [1.165, 1.54) is 42.5 Å². The van der Waals surface area contributed by atoms with Gasteiger partial charge in [-0.25, -0.2) is 4.98 Å². The van der Waals surface area contributed by atoms with Crippen molar-refractivity contribution in [3.63, 3.8) is 0 Å². The van der Waals surface area contributed by atoms with Crippen molar-refractivity contribution in [2.75, 3.05) is 0 Å². The molecule has 1 aliphatic rings. The second-order valence-corrected chi connectivity index (χ2v) is 6.43. The predicted octanol–water partition coefficient (Wildman–Crippen LogP) is 5.26. The minimum Gasteiger partial charge on any atom is -0.328 e. The molecular weight excluding hydrogens is 280 g/mol. The van der Waals surface area contributed by atoms with Crippen LogP contribution in [0.4, 0.5) is 0 Å². The Bertz CT molecular complexity index is 753. The normalized spacial score (nSPS) is 15.1. The molecule has 2 nitrogen and oxygen atoms in total. The maximum atomic E-state index is 4.98. The quantitative estimate of drug-likeness (QED) is 0.643. The van der Waals surface area contributed by atoms with Gasteiger partial charge in [-0.15, -0.1) is 0 Å². The Kier molecular flexibility index (Phi) is 3.97. The molecule has 0 amide bonds. The highest BCUT2D eigenvalue weighted by molar-refractivity contribution is 5.56. The fraction of sp³-hybridized carbons (Fsp3) is 0.286. The van der Waals surface area contributed by atoms with Gasteiger partial charge in [0.1, 0.15) is 5.82 Å². The lowest BCUT2D eigenvalue weighted by molar-refractivity contribution is 0.523. The molecule has 4 rings (SSSR count). The summed E-state index contributed by atoms with van der Waals surface area (Å²) in [5, 5.41) is 0. The van der Waals surface area contributed by atoms with Gasteiger partial charge in [0.25, 0.3) is 0 Å². The van der Waals surface area contributed by atoms with Crippen LogP contribution in [-0.2, 0) is 6.42 Å². The highest BCUT2D eigenvalue weighted by atomic mass is 15.1. The van der Waals surface area contributed by atoms with Crippen molar-refractivity contribution in [3.8, 4) is 11.4 Å². The number of hydrogen-bond donors (Lipinski definition) is 0. The van der Waals surface area contributed by atoms with Crippen molar-refractivity contribution < 1.29 is 0 Å². The summed E-state index contributed by atoms with van der Waals surface area (Å²) < 4.78 is 2.43. The molecule has 0 unspecified atom stereocenters. The zero-order chi connectivity index (χ0) is 15.5. The molecule has 1 fully saturated rings. The van der Waals surface area contributed by atoms with Crippen LogP contribution in [0.1, 0.15) is 43.0 Å². The summed E-state index contributed by atoms with van der Waals surface area (Å²) in [6.07, 6.45) is 8.42. The van der Waals surface area contributed by atoms with Gasteiger partial charge in [0.2, 0.25) is 0 Å². The molecule has 2 aromatic carbocycles. The van der Waals surface area contributed by atoms with Crippen LogP contribution < -0.4 is 0 Å². The zero-order valence-electron chi connectivity index (χ0n) is 13.4. The van der Waals surface area contributed by atoms with E-state index < -0.39 is 0 Å². The van der Waals surface area contributed by atoms with Gasteiger partial charge in [-0.05, 0) is 18.4 Å². The molecule has 23 heavy (non-hydrogen) atoms. The van der Waals surface area contributed by atoms with Crippen LogP contribution in [0.5, 0.6) is 0 Å². The molecule has 0 atom stereocenters. The Balaban J connectivity index is 1.71. The summed E-state index contributed by atoms with van der Waals surface area (Å²) in [6, 6.07) is 21.8. The molecule has 0 bridgehead atoms. The van der Waals surface area contributed by atoms with Crippen LogP contribution in [-0.4, -0.2) is 9.55 Å². The molecule has 1 saturated carbocycles. The van der Waals surface area contributed by atoms with E-state index in [0.29, 0.717) is 6.04 Å². The van der Waals surface area contributed by atoms with Gasteiger partial charge in [-0.1, -0.05) is 73.5 Å². The Hall–Kier alpha value is -2.35. The molecule has 1 aliphatic carbocycles. The number of rotatable bonds is 4. The number of aromatic nitrogens is 2. The Morgan fingerprint density at radius 2 is 1.52 bits per heavy atom. The van der Waals surface area contributed by atoms with E-state index in [9.17, 15) is 0 Å². The lowest BCUT2D eigenvalue weighted by atomic mass is 10.1. The molecular formula is C21H22N2. The number of benzene rings is 2. The fourth-order valence-corrected chi connectivity index (χ4v) is 3.60. The third-order valence-electron chi connectivity index (χ3n) is 4.76. The Morgan fingerprint density at radius 3 is 2.22 bits per heavy atom. The van der Waals surface area contributed by atoms with E-state index in [2.05, 4.69) is 71.4 Å². The maximum absolute atomic E-state index is 4.98. The molecule has 1 heterocycles. The van der Waals surface area contributed by atoms with E-state index in [1.807, 2.05) is 0 Å². The van der Waals surface area contributed by atoms with Gasteiger partial charge in [-0.3, -0.25) is 0 Å². The molecule has 2 heteroatoms. The monoisotopic (exact) mass is 302 g/mol. The van der Waals surface area contributed by atoms with Crippen LogP contribution in [0.3, 0.4) is 0 Å². The molecule has 1 aromatic heterocycles. The van der Waals surface area contributed by atoms with Gasteiger partial charge in [0.05, 0.1) is 5.69 Å². The van der Waals surface area contributed by atoms with Gasteiger partial charge in [0, 0.05) is 24.2 Å². The number of hydrogen-bond acceptors (Lipinski definition) is 1. The summed E-state index contributed by atoms with van der Waals surface area (Å²) in [5.74, 6) is 1.13. The third kappa shape index (κ3) is 3.07. The lowest BCUT2D eigenvalue weighted by Crippen LogP contribution is -2.05. The van der Waals surface area contributed by atoms with Gasteiger partial charge in [-0.2, -0.15) is 0 Å². The van der Waals surface area contributed by atoms with Crippen molar-refractivity contribution in [2.24, 2.45) is 0 Å². The van der Waals surface area contributed by atoms with Crippen molar-refractivity contribution in [3.05, 3.63) is 78.1 Å². The van der Waals surface area contributed by atoms with E-state index in [4.69, 9.17) is 4.98 Å². The maximum Gasteiger partial charge on any atom is 0.140 e. The standard InChI is InChI=1S/C21H22N2/c1-3-9-17(10-4-1)15-19-16-23(20-13-7-8-14-20)21(22-19)18-11-5-2-6-12-18/h1-6,9-12,16,20H,7-8,13-15H2. The SMILES string of the molecule is c1ccc(Cc2cn(C3CCCC3)c(-c3ccccc3)n2)cc1. The summed E-state index contributed by atoms with van der Waals surface area (Å²) in [7, 11) is 0. The van der Waals surface area contributed by atoms with Crippen molar-refractivity contribution in [2.45, 2.75) is 38.1 Å². The molecule has 0 aliphatic heterocycles. The molecule has 3 aromatic rings. The van der Waals surface area contributed by atoms with Crippen molar-refractivity contribution in [1.82, 2.24) is 9.55 Å². The van der Waals surface area contributed by atoms with Crippen LogP contribution in [0.15, 0.2) is 66.9 Å². The Morgan fingerprint density at radius 1 is 0.870 bits per heavy atom. The Labute approximate surface area is 137 Å². The average Bonchev–Trinajstić information content (AvgIpc) is 3.26. The fourth-order valence-electron chi connectivity index (χ4n) is 3.60. The minimum atomic E-state index is 0.613. The first-order valence-electron chi connectivity index (χ1n) is 8.57. The summed E-state index contributed by atoms with van der Waals surface area (Å²) in [6.45, 7) is 0. The first-order valence-corrected chi connectivity index (χ1v) is 8.57. The topological polar surface area (TPSA) is 17.8 Å². The van der Waals surface area contributed by atoms with Gasteiger partial charge in [0.15, 0.2) is 0 Å². The van der Waals surface area contributed by atoms with E-state index >= 15 is 0 Å². The number of nitrogens with zero attached hydrogens (tertiary/aromatic N) is 2. The van der Waals surface area contributed by atoms with Crippen LogP contribution in [0, 0.1) is 0 Å². The highest BCUT2D eigenvalue weighted by Crippen LogP contribution is 2.34. The smallest absolute Gasteiger partial charge is 0.140 e. The van der Waals surface area contributed by atoms with Crippen LogP contribution in [0.2, 0.25) is 0 Å². The summed E-state index contributed by atoms with van der Waals surface area (Å²) in [5.41, 5.74) is 3.71. The summed E-state index contributed by atoms with van der Waals surface area (Å²) in [4.78, 5) is 4.98. The zero-order valence-corrected chi connectivity index (χ0v) is 13.4. The predicted molar refractivity (Wildman–Crippen MR) is 94.4 cm³/mol. The molecule has 0 saturated heterocycles. The second-order valence-electron chi connectivity index (χ2n) is 6.43. The molecule has 116 valence electrons. The highest BCUT2D eigenvalue weighted by Gasteiger charge is 2.21. The van der Waals surface area contributed by atoms with Crippen molar-refractivity contribution in [1.29, 1.82) is 0 Å². The largest absolute Gasteiger partial charge is 0.328 e.